The van der Waals surface area contributed by atoms with Gasteiger partial charge in [-0.1, -0.05) is 22.9 Å². The van der Waals surface area contributed by atoms with Gasteiger partial charge < -0.3 is 10.2 Å². The Balaban J connectivity index is 2.23. The van der Waals surface area contributed by atoms with Crippen LogP contribution < -0.4 is 5.32 Å². The van der Waals surface area contributed by atoms with Crippen LogP contribution in [0.25, 0.3) is 0 Å². The van der Waals surface area contributed by atoms with E-state index in [0.717, 1.165) is 52.5 Å². The molecule has 1 amide bonds. The van der Waals surface area contributed by atoms with Crippen molar-refractivity contribution in [2.75, 3.05) is 19.6 Å². The summed E-state index contributed by atoms with van der Waals surface area (Å²) in [4.78, 5) is 15.0. The Morgan fingerprint density at radius 1 is 1.45 bits per heavy atom. The molecule has 1 aliphatic rings. The Kier molecular flexibility index (Phi) is 6.29. The molecule has 2 rings (SSSR count). The molecule has 0 aromatic heterocycles. The summed E-state index contributed by atoms with van der Waals surface area (Å²) in [6, 6.07) is 6.28. The van der Waals surface area contributed by atoms with Gasteiger partial charge >= 0.3 is 0 Å². The summed E-state index contributed by atoms with van der Waals surface area (Å²) in [6.45, 7) is 4.99. The number of amides is 1. The Morgan fingerprint density at radius 3 is 2.80 bits per heavy atom. The van der Waals surface area contributed by atoms with Gasteiger partial charge in [0.25, 0.3) is 5.91 Å². The third-order valence-corrected chi connectivity index (χ3v) is 5.07. The highest BCUT2D eigenvalue weighted by Crippen LogP contribution is 2.23. The lowest BCUT2D eigenvalue weighted by atomic mass is 10.0. The SMILES string of the molecule is CCCN(C(=O)c1cc(Br)ccc1I)C1CCNCC1. The first-order valence-corrected chi connectivity index (χ1v) is 8.97. The molecule has 1 heterocycles. The van der Waals surface area contributed by atoms with Crippen LogP contribution >= 0.6 is 38.5 Å². The topological polar surface area (TPSA) is 32.3 Å². The molecule has 0 atom stereocenters. The van der Waals surface area contributed by atoms with Gasteiger partial charge in [0.15, 0.2) is 0 Å². The Labute approximate surface area is 142 Å². The van der Waals surface area contributed by atoms with Crippen molar-refractivity contribution >= 4 is 44.4 Å². The van der Waals surface area contributed by atoms with Crippen LogP contribution in [0.3, 0.4) is 0 Å². The van der Waals surface area contributed by atoms with Crippen molar-refractivity contribution in [3.63, 3.8) is 0 Å². The summed E-state index contributed by atoms with van der Waals surface area (Å²) < 4.78 is 1.98. The van der Waals surface area contributed by atoms with Gasteiger partial charge in [-0.15, -0.1) is 0 Å². The highest BCUT2D eigenvalue weighted by Gasteiger charge is 2.26. The fourth-order valence-electron chi connectivity index (χ4n) is 2.63. The van der Waals surface area contributed by atoms with E-state index in [9.17, 15) is 4.79 Å². The number of hydrogen-bond acceptors (Lipinski definition) is 2. The number of nitrogens with zero attached hydrogens (tertiary/aromatic N) is 1. The van der Waals surface area contributed by atoms with Crippen LogP contribution in [0, 0.1) is 3.57 Å². The van der Waals surface area contributed by atoms with Crippen LogP contribution in [0.1, 0.15) is 36.5 Å². The second-order valence-electron chi connectivity index (χ2n) is 5.10. The first-order chi connectivity index (χ1) is 9.63. The molecule has 1 aromatic rings. The average Bonchev–Trinajstić information content (AvgIpc) is 2.47. The van der Waals surface area contributed by atoms with Gasteiger partial charge in [-0.25, -0.2) is 0 Å². The largest absolute Gasteiger partial charge is 0.336 e. The molecule has 1 N–H and O–H groups in total. The number of nitrogens with one attached hydrogen (secondary N) is 1. The molecule has 1 fully saturated rings. The van der Waals surface area contributed by atoms with Crippen LogP contribution in [0.15, 0.2) is 22.7 Å². The lowest BCUT2D eigenvalue weighted by Crippen LogP contribution is -2.46. The molecule has 1 aliphatic heterocycles. The smallest absolute Gasteiger partial charge is 0.255 e. The van der Waals surface area contributed by atoms with Gasteiger partial charge in [0, 0.05) is 20.6 Å². The van der Waals surface area contributed by atoms with Crippen molar-refractivity contribution in [1.29, 1.82) is 0 Å². The molecule has 1 aromatic carbocycles. The maximum atomic E-state index is 12.9. The van der Waals surface area contributed by atoms with Gasteiger partial charge in [-0.2, -0.15) is 0 Å². The highest BCUT2D eigenvalue weighted by atomic mass is 127. The van der Waals surface area contributed by atoms with Crippen molar-refractivity contribution in [2.24, 2.45) is 0 Å². The lowest BCUT2D eigenvalue weighted by Gasteiger charge is -2.35. The van der Waals surface area contributed by atoms with Gasteiger partial charge in [0.05, 0.1) is 5.56 Å². The number of carbonyl (C=O) groups excluding carboxylic acids is 1. The molecule has 110 valence electrons. The second kappa shape index (κ2) is 7.75. The van der Waals surface area contributed by atoms with Crippen molar-refractivity contribution in [3.8, 4) is 0 Å². The molecule has 3 nitrogen and oxygen atoms in total. The number of halogens is 2. The standard InChI is InChI=1S/C15H20BrIN2O/c1-2-9-19(12-5-7-18-8-6-12)15(20)13-10-11(16)3-4-14(13)17/h3-4,10,12,18H,2,5-9H2,1H3. The molecule has 0 unspecified atom stereocenters. The van der Waals surface area contributed by atoms with E-state index in [4.69, 9.17) is 0 Å². The van der Waals surface area contributed by atoms with Crippen LogP contribution in [0.5, 0.6) is 0 Å². The van der Waals surface area contributed by atoms with Gasteiger partial charge in [0.2, 0.25) is 0 Å². The summed E-state index contributed by atoms with van der Waals surface area (Å²) in [7, 11) is 0. The summed E-state index contributed by atoms with van der Waals surface area (Å²) in [6.07, 6.45) is 3.10. The number of carbonyl (C=O) groups is 1. The molecule has 0 radical (unpaired) electrons. The van der Waals surface area contributed by atoms with Crippen molar-refractivity contribution in [3.05, 3.63) is 31.8 Å². The van der Waals surface area contributed by atoms with E-state index in [2.05, 4.69) is 55.7 Å². The van der Waals surface area contributed by atoms with Gasteiger partial charge in [-0.3, -0.25) is 4.79 Å². The predicted molar refractivity (Wildman–Crippen MR) is 94.1 cm³/mol. The van der Waals surface area contributed by atoms with E-state index in [0.29, 0.717) is 6.04 Å². The first-order valence-electron chi connectivity index (χ1n) is 7.10. The molecule has 0 aliphatic carbocycles. The molecule has 1 saturated heterocycles. The predicted octanol–water partition coefficient (Wildman–Crippen LogP) is 3.66. The summed E-state index contributed by atoms with van der Waals surface area (Å²) in [5.41, 5.74) is 0.812. The van der Waals surface area contributed by atoms with Gasteiger partial charge in [-0.05, 0) is 73.1 Å². The van der Waals surface area contributed by atoms with E-state index in [-0.39, 0.29) is 5.91 Å². The Hall–Kier alpha value is -0.140. The van der Waals surface area contributed by atoms with Crippen molar-refractivity contribution in [2.45, 2.75) is 32.2 Å². The first kappa shape index (κ1) is 16.2. The average molecular weight is 451 g/mol. The molecule has 0 spiro atoms. The Morgan fingerprint density at radius 2 is 2.15 bits per heavy atom. The van der Waals surface area contributed by atoms with Crippen molar-refractivity contribution in [1.82, 2.24) is 10.2 Å². The highest BCUT2D eigenvalue weighted by molar-refractivity contribution is 14.1. The summed E-state index contributed by atoms with van der Waals surface area (Å²) in [5.74, 6) is 0.171. The molecule has 0 saturated carbocycles. The normalized spacial score (nSPS) is 16.1. The quantitative estimate of drug-likeness (QED) is 0.710. The zero-order chi connectivity index (χ0) is 14.5. The molecule has 0 bridgehead atoms. The van der Waals surface area contributed by atoms with Crippen LogP contribution in [-0.2, 0) is 0 Å². The monoisotopic (exact) mass is 450 g/mol. The zero-order valence-electron chi connectivity index (χ0n) is 11.7. The lowest BCUT2D eigenvalue weighted by molar-refractivity contribution is 0.0641. The molecule has 20 heavy (non-hydrogen) atoms. The molecule has 5 heteroatoms. The number of rotatable bonds is 4. The molecular weight excluding hydrogens is 431 g/mol. The summed E-state index contributed by atoms with van der Waals surface area (Å²) >= 11 is 5.71. The van der Waals surface area contributed by atoms with E-state index in [1.54, 1.807) is 0 Å². The number of hydrogen-bond donors (Lipinski definition) is 1. The maximum absolute atomic E-state index is 12.9. The van der Waals surface area contributed by atoms with E-state index >= 15 is 0 Å². The van der Waals surface area contributed by atoms with E-state index in [1.807, 2.05) is 18.2 Å². The Bertz CT molecular complexity index is 475. The van der Waals surface area contributed by atoms with Crippen LogP contribution in [0.4, 0.5) is 0 Å². The molecular formula is C15H20BrIN2O. The second-order valence-corrected chi connectivity index (χ2v) is 7.18. The summed E-state index contributed by atoms with van der Waals surface area (Å²) in [5, 5.41) is 3.36. The minimum Gasteiger partial charge on any atom is -0.336 e. The minimum absolute atomic E-state index is 0.171. The third-order valence-electron chi connectivity index (χ3n) is 3.63. The van der Waals surface area contributed by atoms with Crippen LogP contribution in [-0.4, -0.2) is 36.5 Å². The fraction of sp³-hybridized carbons (Fsp3) is 0.533. The number of piperidine rings is 1. The van der Waals surface area contributed by atoms with Crippen LogP contribution in [0.2, 0.25) is 0 Å². The fourth-order valence-corrected chi connectivity index (χ4v) is 3.55. The van der Waals surface area contributed by atoms with Gasteiger partial charge in [0.1, 0.15) is 0 Å². The number of benzene rings is 1. The van der Waals surface area contributed by atoms with Crippen molar-refractivity contribution < 1.29 is 4.79 Å². The third kappa shape index (κ3) is 3.95. The minimum atomic E-state index is 0.171. The van der Waals surface area contributed by atoms with E-state index in [1.165, 1.54) is 0 Å². The van der Waals surface area contributed by atoms with E-state index < -0.39 is 0 Å². The zero-order valence-corrected chi connectivity index (χ0v) is 15.4. The maximum Gasteiger partial charge on any atom is 0.255 e.